The lowest BCUT2D eigenvalue weighted by atomic mass is 10.0. The fraction of sp³-hybridized carbons (Fsp3) is 0.438. The minimum atomic E-state index is -0.429. The van der Waals surface area contributed by atoms with Gasteiger partial charge in [-0.2, -0.15) is 10.1 Å². The van der Waals surface area contributed by atoms with Gasteiger partial charge in [-0.1, -0.05) is 6.07 Å². The van der Waals surface area contributed by atoms with Crippen LogP contribution in [0.25, 0.3) is 0 Å². The standard InChI is InChI=1S/C16H18FN5O2/c17-12-2-1-3-13(10-12)19-14-11-18-21-15(20-14)22-6-4-16(5-7-22)23-8-9-24-16/h1-3,10-11H,4-9H2,(H,19,20,21). The van der Waals surface area contributed by atoms with Crippen molar-refractivity contribution in [2.75, 3.05) is 36.5 Å². The molecular weight excluding hydrogens is 313 g/mol. The summed E-state index contributed by atoms with van der Waals surface area (Å²) in [5, 5.41) is 11.1. The minimum absolute atomic E-state index is 0.305. The summed E-state index contributed by atoms with van der Waals surface area (Å²) in [5.41, 5.74) is 0.617. The molecule has 1 N–H and O–H groups in total. The van der Waals surface area contributed by atoms with Gasteiger partial charge in [-0.3, -0.25) is 0 Å². The summed E-state index contributed by atoms with van der Waals surface area (Å²) >= 11 is 0. The Morgan fingerprint density at radius 1 is 1.17 bits per heavy atom. The molecule has 0 atom stereocenters. The first kappa shape index (κ1) is 15.2. The zero-order valence-corrected chi connectivity index (χ0v) is 13.1. The van der Waals surface area contributed by atoms with E-state index in [-0.39, 0.29) is 5.82 Å². The molecule has 3 heterocycles. The van der Waals surface area contributed by atoms with E-state index in [2.05, 4.69) is 25.4 Å². The summed E-state index contributed by atoms with van der Waals surface area (Å²) in [5.74, 6) is 0.338. The Kier molecular flexibility index (Phi) is 3.99. The van der Waals surface area contributed by atoms with Crippen molar-refractivity contribution in [1.82, 2.24) is 15.2 Å². The van der Waals surface area contributed by atoms with Crippen molar-refractivity contribution in [3.63, 3.8) is 0 Å². The lowest BCUT2D eigenvalue weighted by molar-refractivity contribution is -0.169. The van der Waals surface area contributed by atoms with Gasteiger partial charge in [-0.05, 0) is 18.2 Å². The molecule has 0 bridgehead atoms. The van der Waals surface area contributed by atoms with Crippen LogP contribution in [0.5, 0.6) is 0 Å². The molecule has 2 fully saturated rings. The maximum absolute atomic E-state index is 13.3. The van der Waals surface area contributed by atoms with Gasteiger partial charge in [0.25, 0.3) is 0 Å². The average Bonchev–Trinajstić information content (AvgIpc) is 3.04. The van der Waals surface area contributed by atoms with Crippen molar-refractivity contribution in [3.8, 4) is 0 Å². The van der Waals surface area contributed by atoms with E-state index in [1.165, 1.54) is 18.3 Å². The van der Waals surface area contributed by atoms with E-state index in [1.807, 2.05) is 0 Å². The van der Waals surface area contributed by atoms with Gasteiger partial charge in [0.05, 0.1) is 19.4 Å². The van der Waals surface area contributed by atoms with E-state index >= 15 is 0 Å². The monoisotopic (exact) mass is 331 g/mol. The van der Waals surface area contributed by atoms with Crippen LogP contribution in [0.3, 0.4) is 0 Å². The Hall–Kier alpha value is -2.32. The van der Waals surface area contributed by atoms with Gasteiger partial charge >= 0.3 is 0 Å². The molecule has 0 unspecified atom stereocenters. The highest BCUT2D eigenvalue weighted by Gasteiger charge is 2.40. The summed E-state index contributed by atoms with van der Waals surface area (Å²) in [4.78, 5) is 6.53. The first-order chi connectivity index (χ1) is 11.7. The maximum atomic E-state index is 13.3. The molecule has 126 valence electrons. The predicted molar refractivity (Wildman–Crippen MR) is 85.6 cm³/mol. The lowest BCUT2D eigenvalue weighted by Gasteiger charge is -2.37. The molecule has 0 amide bonds. The fourth-order valence-corrected chi connectivity index (χ4v) is 3.04. The van der Waals surface area contributed by atoms with Gasteiger partial charge in [0.2, 0.25) is 5.95 Å². The van der Waals surface area contributed by atoms with Gasteiger partial charge in [0, 0.05) is 31.6 Å². The second-order valence-electron chi connectivity index (χ2n) is 5.87. The van der Waals surface area contributed by atoms with Crippen LogP contribution in [0.4, 0.5) is 21.8 Å². The van der Waals surface area contributed by atoms with Crippen LogP contribution >= 0.6 is 0 Å². The van der Waals surface area contributed by atoms with Gasteiger partial charge in [-0.25, -0.2) is 4.39 Å². The van der Waals surface area contributed by atoms with Gasteiger partial charge in [0.1, 0.15) is 5.82 Å². The molecule has 0 aliphatic carbocycles. The van der Waals surface area contributed by atoms with Crippen molar-refractivity contribution in [1.29, 1.82) is 0 Å². The number of piperidine rings is 1. The normalized spacial score (nSPS) is 19.6. The number of nitrogens with one attached hydrogen (secondary N) is 1. The fourth-order valence-electron chi connectivity index (χ4n) is 3.04. The van der Waals surface area contributed by atoms with Crippen LogP contribution in [0.1, 0.15) is 12.8 Å². The molecule has 8 heteroatoms. The first-order valence-corrected chi connectivity index (χ1v) is 7.98. The number of anilines is 3. The number of aromatic nitrogens is 3. The van der Waals surface area contributed by atoms with Gasteiger partial charge in [-0.15, -0.1) is 5.10 Å². The molecule has 7 nitrogen and oxygen atoms in total. The summed E-state index contributed by atoms with van der Waals surface area (Å²) in [6, 6.07) is 6.20. The zero-order chi connectivity index (χ0) is 16.4. The molecule has 0 saturated carbocycles. The molecule has 2 aliphatic rings. The Labute approximate surface area is 138 Å². The van der Waals surface area contributed by atoms with Crippen molar-refractivity contribution in [3.05, 3.63) is 36.3 Å². The highest BCUT2D eigenvalue weighted by atomic mass is 19.1. The Bertz CT molecular complexity index is 713. The average molecular weight is 331 g/mol. The van der Waals surface area contributed by atoms with E-state index in [9.17, 15) is 4.39 Å². The first-order valence-electron chi connectivity index (χ1n) is 7.98. The molecule has 24 heavy (non-hydrogen) atoms. The third-order valence-electron chi connectivity index (χ3n) is 4.27. The van der Waals surface area contributed by atoms with E-state index < -0.39 is 5.79 Å². The number of rotatable bonds is 3. The molecule has 2 saturated heterocycles. The SMILES string of the molecule is Fc1cccc(Nc2cnnc(N3CCC4(CC3)OCCO4)n2)c1. The molecule has 2 aromatic rings. The van der Waals surface area contributed by atoms with Crippen LogP contribution in [-0.2, 0) is 9.47 Å². The lowest BCUT2D eigenvalue weighted by Crippen LogP contribution is -2.45. The smallest absolute Gasteiger partial charge is 0.247 e. The minimum Gasteiger partial charge on any atom is -0.347 e. The molecule has 0 radical (unpaired) electrons. The number of nitrogens with zero attached hydrogens (tertiary/aromatic N) is 4. The molecule has 4 rings (SSSR count). The van der Waals surface area contributed by atoms with Crippen LogP contribution in [0, 0.1) is 5.82 Å². The van der Waals surface area contributed by atoms with Crippen molar-refractivity contribution < 1.29 is 13.9 Å². The van der Waals surface area contributed by atoms with Crippen LogP contribution in [0.2, 0.25) is 0 Å². The van der Waals surface area contributed by atoms with Crippen molar-refractivity contribution in [2.45, 2.75) is 18.6 Å². The zero-order valence-electron chi connectivity index (χ0n) is 13.1. The highest BCUT2D eigenvalue weighted by Crippen LogP contribution is 2.32. The molecular formula is C16H18FN5O2. The topological polar surface area (TPSA) is 72.4 Å². The molecule has 1 spiro atoms. The van der Waals surface area contributed by atoms with E-state index in [4.69, 9.17) is 9.47 Å². The van der Waals surface area contributed by atoms with Gasteiger partial charge < -0.3 is 19.7 Å². The van der Waals surface area contributed by atoms with Crippen LogP contribution < -0.4 is 10.2 Å². The van der Waals surface area contributed by atoms with Gasteiger partial charge in [0.15, 0.2) is 11.6 Å². The summed E-state index contributed by atoms with van der Waals surface area (Å²) in [7, 11) is 0. The number of hydrogen-bond donors (Lipinski definition) is 1. The van der Waals surface area contributed by atoms with Crippen molar-refractivity contribution >= 4 is 17.5 Å². The Balaban J connectivity index is 1.45. The number of halogens is 1. The number of hydrogen-bond acceptors (Lipinski definition) is 7. The van der Waals surface area contributed by atoms with Crippen molar-refractivity contribution in [2.24, 2.45) is 0 Å². The highest BCUT2D eigenvalue weighted by molar-refractivity contribution is 5.56. The third-order valence-corrected chi connectivity index (χ3v) is 4.27. The second-order valence-corrected chi connectivity index (χ2v) is 5.87. The Morgan fingerprint density at radius 2 is 1.96 bits per heavy atom. The van der Waals surface area contributed by atoms with Crippen LogP contribution in [-0.4, -0.2) is 47.3 Å². The van der Waals surface area contributed by atoms with Crippen LogP contribution in [0.15, 0.2) is 30.5 Å². The number of ether oxygens (including phenoxy) is 2. The van der Waals surface area contributed by atoms with E-state index in [1.54, 1.807) is 12.1 Å². The Morgan fingerprint density at radius 3 is 2.71 bits per heavy atom. The summed E-state index contributed by atoms with van der Waals surface area (Å²) in [6.45, 7) is 2.80. The molecule has 1 aromatic carbocycles. The largest absolute Gasteiger partial charge is 0.347 e. The quantitative estimate of drug-likeness (QED) is 0.923. The molecule has 2 aliphatic heterocycles. The predicted octanol–water partition coefficient (Wildman–Crippen LogP) is 2.10. The number of benzene rings is 1. The maximum Gasteiger partial charge on any atom is 0.247 e. The second kappa shape index (κ2) is 6.29. The molecule has 1 aromatic heterocycles. The van der Waals surface area contributed by atoms with E-state index in [0.717, 1.165) is 25.9 Å². The summed E-state index contributed by atoms with van der Waals surface area (Å²) in [6.07, 6.45) is 3.07. The van der Waals surface area contributed by atoms with E-state index in [0.29, 0.717) is 30.7 Å². The third kappa shape index (κ3) is 3.15. The summed E-state index contributed by atoms with van der Waals surface area (Å²) < 4.78 is 24.7.